The number of hydrogen-bond donors (Lipinski definition) is 1. The van der Waals surface area contributed by atoms with Crippen molar-refractivity contribution in [3.63, 3.8) is 0 Å². The minimum Gasteiger partial charge on any atom is -0.494 e. The first-order valence-electron chi connectivity index (χ1n) is 5.30. The third kappa shape index (κ3) is 1.97. The third-order valence-electron chi connectivity index (χ3n) is 2.87. The first-order valence-corrected chi connectivity index (χ1v) is 5.30. The summed E-state index contributed by atoms with van der Waals surface area (Å²) in [5.74, 6) is 0.126. The molecule has 1 N–H and O–H groups in total. The van der Waals surface area contributed by atoms with E-state index >= 15 is 0 Å². The Labute approximate surface area is 89.4 Å². The van der Waals surface area contributed by atoms with E-state index in [0.29, 0.717) is 5.75 Å². The summed E-state index contributed by atoms with van der Waals surface area (Å²) in [6.07, 6.45) is 2.11. The van der Waals surface area contributed by atoms with Crippen molar-refractivity contribution in [1.29, 1.82) is 0 Å². The number of rotatable bonds is 2. The van der Waals surface area contributed by atoms with Gasteiger partial charge in [0.2, 0.25) is 0 Å². The Morgan fingerprint density at radius 3 is 2.87 bits per heavy atom. The van der Waals surface area contributed by atoms with E-state index < -0.39 is 0 Å². The van der Waals surface area contributed by atoms with Gasteiger partial charge in [-0.3, -0.25) is 0 Å². The first kappa shape index (κ1) is 10.4. The molecule has 0 aliphatic carbocycles. The molecule has 82 valence electrons. The van der Waals surface area contributed by atoms with Gasteiger partial charge in [0.15, 0.2) is 11.6 Å². The van der Waals surface area contributed by atoms with Crippen molar-refractivity contribution in [2.75, 3.05) is 13.7 Å². The zero-order valence-electron chi connectivity index (χ0n) is 9.14. The molecule has 1 aromatic carbocycles. The molecule has 1 aliphatic rings. The highest BCUT2D eigenvalue weighted by molar-refractivity contribution is 5.37. The Morgan fingerprint density at radius 2 is 2.27 bits per heavy atom. The number of methoxy groups -OCH3 is 1. The molecule has 0 spiro atoms. The second-order valence-electron chi connectivity index (χ2n) is 4.02. The van der Waals surface area contributed by atoms with Gasteiger partial charge in [0.25, 0.3) is 0 Å². The maximum Gasteiger partial charge on any atom is 0.169 e. The highest BCUT2D eigenvalue weighted by atomic mass is 19.1. The molecule has 1 heterocycles. The molecular formula is C12H16FNO. The van der Waals surface area contributed by atoms with Crippen LogP contribution in [0.2, 0.25) is 0 Å². The fourth-order valence-electron chi connectivity index (χ4n) is 2.11. The van der Waals surface area contributed by atoms with Crippen LogP contribution in [-0.2, 0) is 0 Å². The van der Waals surface area contributed by atoms with Gasteiger partial charge < -0.3 is 10.1 Å². The predicted molar refractivity (Wildman–Crippen MR) is 57.7 cm³/mol. The van der Waals surface area contributed by atoms with Crippen LogP contribution in [0.1, 0.15) is 30.0 Å². The molecule has 2 nitrogen and oxygen atoms in total. The Hall–Kier alpha value is -1.09. The number of halogens is 1. The topological polar surface area (TPSA) is 21.3 Å². The average molecular weight is 209 g/mol. The number of benzene rings is 1. The van der Waals surface area contributed by atoms with E-state index in [9.17, 15) is 4.39 Å². The van der Waals surface area contributed by atoms with E-state index in [1.165, 1.54) is 7.11 Å². The molecule has 0 radical (unpaired) electrons. The molecule has 1 fully saturated rings. The zero-order valence-corrected chi connectivity index (χ0v) is 9.14. The predicted octanol–water partition coefficient (Wildman–Crippen LogP) is 2.57. The van der Waals surface area contributed by atoms with Crippen LogP contribution in [-0.4, -0.2) is 13.7 Å². The number of nitrogens with one attached hydrogen (secondary N) is 1. The van der Waals surface area contributed by atoms with Crippen LogP contribution >= 0.6 is 0 Å². The second-order valence-corrected chi connectivity index (χ2v) is 4.02. The molecule has 1 atom stereocenters. The van der Waals surface area contributed by atoms with Gasteiger partial charge in [0.1, 0.15) is 0 Å². The van der Waals surface area contributed by atoms with Gasteiger partial charge >= 0.3 is 0 Å². The number of aryl methyl sites for hydroxylation is 1. The lowest BCUT2D eigenvalue weighted by atomic mass is 10.0. The molecule has 1 unspecified atom stereocenters. The number of ether oxygens (including phenoxy) is 1. The lowest BCUT2D eigenvalue weighted by Crippen LogP contribution is -2.15. The van der Waals surface area contributed by atoms with Gasteiger partial charge in [-0.2, -0.15) is 0 Å². The van der Waals surface area contributed by atoms with Crippen molar-refractivity contribution in [2.45, 2.75) is 25.8 Å². The molecule has 15 heavy (non-hydrogen) atoms. The summed E-state index contributed by atoms with van der Waals surface area (Å²) in [5, 5.41) is 3.30. The summed E-state index contributed by atoms with van der Waals surface area (Å²) < 4.78 is 19.0. The van der Waals surface area contributed by atoms with Gasteiger partial charge in [0.05, 0.1) is 7.11 Å². The van der Waals surface area contributed by atoms with E-state index in [-0.39, 0.29) is 11.9 Å². The van der Waals surface area contributed by atoms with Gasteiger partial charge in [-0.1, -0.05) is 6.07 Å². The Kier molecular flexibility index (Phi) is 2.91. The van der Waals surface area contributed by atoms with E-state index in [1.807, 2.05) is 13.0 Å². The molecule has 0 saturated carbocycles. The second kappa shape index (κ2) is 4.19. The van der Waals surface area contributed by atoms with Crippen LogP contribution in [0.15, 0.2) is 12.1 Å². The summed E-state index contributed by atoms with van der Waals surface area (Å²) in [4.78, 5) is 0. The fraction of sp³-hybridized carbons (Fsp3) is 0.500. The van der Waals surface area contributed by atoms with Crippen LogP contribution < -0.4 is 10.1 Å². The minimum absolute atomic E-state index is 0.152. The summed E-state index contributed by atoms with van der Waals surface area (Å²) in [5.41, 5.74) is 1.78. The standard InChI is InChI=1S/C12H16FNO/c1-8-6-9(10-4-3-5-14-10)12(13)11(7-8)15-2/h6-7,10,14H,3-5H2,1-2H3. The largest absolute Gasteiger partial charge is 0.494 e. The van der Waals surface area contributed by atoms with Crippen molar-refractivity contribution in [2.24, 2.45) is 0 Å². The smallest absolute Gasteiger partial charge is 0.169 e. The van der Waals surface area contributed by atoms with Gasteiger partial charge in [-0.05, 0) is 37.9 Å². The molecule has 0 aromatic heterocycles. The fourth-order valence-corrected chi connectivity index (χ4v) is 2.11. The summed E-state index contributed by atoms with van der Waals surface area (Å²) in [6, 6.07) is 3.79. The van der Waals surface area contributed by atoms with Crippen LogP contribution in [0.25, 0.3) is 0 Å². The maximum atomic E-state index is 13.9. The highest BCUT2D eigenvalue weighted by Crippen LogP contribution is 2.31. The van der Waals surface area contributed by atoms with Crippen LogP contribution in [0.5, 0.6) is 5.75 Å². The van der Waals surface area contributed by atoms with Crippen molar-refractivity contribution in [3.05, 3.63) is 29.1 Å². The van der Waals surface area contributed by atoms with E-state index in [2.05, 4.69) is 5.32 Å². The maximum absolute atomic E-state index is 13.9. The molecular weight excluding hydrogens is 193 g/mol. The van der Waals surface area contributed by atoms with Crippen molar-refractivity contribution in [3.8, 4) is 5.75 Å². The Morgan fingerprint density at radius 1 is 1.47 bits per heavy atom. The molecule has 0 bridgehead atoms. The molecule has 1 aliphatic heterocycles. The molecule has 3 heteroatoms. The van der Waals surface area contributed by atoms with Crippen LogP contribution in [0.4, 0.5) is 4.39 Å². The number of hydrogen-bond acceptors (Lipinski definition) is 2. The van der Waals surface area contributed by atoms with Gasteiger partial charge in [0, 0.05) is 11.6 Å². The van der Waals surface area contributed by atoms with E-state index in [0.717, 1.165) is 30.5 Å². The highest BCUT2D eigenvalue weighted by Gasteiger charge is 2.21. The minimum atomic E-state index is -0.220. The average Bonchev–Trinajstić information content (AvgIpc) is 2.74. The quantitative estimate of drug-likeness (QED) is 0.808. The molecule has 0 amide bonds. The van der Waals surface area contributed by atoms with Crippen molar-refractivity contribution in [1.82, 2.24) is 5.32 Å². The lowest BCUT2D eigenvalue weighted by Gasteiger charge is -2.14. The van der Waals surface area contributed by atoms with Crippen LogP contribution in [0, 0.1) is 12.7 Å². The van der Waals surface area contributed by atoms with Gasteiger partial charge in [-0.25, -0.2) is 4.39 Å². The molecule has 1 saturated heterocycles. The normalized spacial score (nSPS) is 20.6. The Balaban J connectivity index is 2.40. The SMILES string of the molecule is COc1cc(C)cc(C2CCCN2)c1F. The van der Waals surface area contributed by atoms with Gasteiger partial charge in [-0.15, -0.1) is 0 Å². The summed E-state index contributed by atoms with van der Waals surface area (Å²) in [6.45, 7) is 2.93. The lowest BCUT2D eigenvalue weighted by molar-refractivity contribution is 0.381. The molecule has 1 aromatic rings. The van der Waals surface area contributed by atoms with E-state index in [4.69, 9.17) is 4.74 Å². The zero-order chi connectivity index (χ0) is 10.8. The summed E-state index contributed by atoms with van der Waals surface area (Å²) in [7, 11) is 1.50. The Bertz CT molecular complexity index is 359. The van der Waals surface area contributed by atoms with Crippen molar-refractivity contribution < 1.29 is 9.13 Å². The van der Waals surface area contributed by atoms with Crippen molar-refractivity contribution >= 4 is 0 Å². The van der Waals surface area contributed by atoms with E-state index in [1.54, 1.807) is 6.07 Å². The van der Waals surface area contributed by atoms with Crippen LogP contribution in [0.3, 0.4) is 0 Å². The third-order valence-corrected chi connectivity index (χ3v) is 2.87. The monoisotopic (exact) mass is 209 g/mol. The molecule has 2 rings (SSSR count). The summed E-state index contributed by atoms with van der Waals surface area (Å²) >= 11 is 0. The first-order chi connectivity index (χ1) is 7.22.